The lowest BCUT2D eigenvalue weighted by Crippen LogP contribution is -2.31. The highest BCUT2D eigenvalue weighted by atomic mass is 32.1. The summed E-state index contributed by atoms with van der Waals surface area (Å²) in [4.78, 5) is 12.2. The van der Waals surface area contributed by atoms with Crippen molar-refractivity contribution in [1.82, 2.24) is 15.5 Å². The van der Waals surface area contributed by atoms with Crippen molar-refractivity contribution >= 4 is 22.5 Å². The Morgan fingerprint density at radius 2 is 2.04 bits per heavy atom. The number of aromatic nitrogens is 2. The summed E-state index contributed by atoms with van der Waals surface area (Å²) in [7, 11) is 0. The van der Waals surface area contributed by atoms with Crippen molar-refractivity contribution in [1.29, 1.82) is 0 Å². The smallest absolute Gasteiger partial charge is 0.321 e. The normalized spacial score (nSPS) is 17.5. The molecule has 1 aliphatic carbocycles. The second-order valence-electron chi connectivity index (χ2n) is 6.30. The zero-order valence-electron chi connectivity index (χ0n) is 13.9. The number of anilines is 1. The first-order valence-electron chi connectivity index (χ1n) is 8.49. The van der Waals surface area contributed by atoms with Crippen LogP contribution in [0, 0.1) is 0 Å². The number of nitrogens with one attached hydrogen (secondary N) is 2. The highest BCUT2D eigenvalue weighted by Crippen LogP contribution is 2.42. The fourth-order valence-corrected chi connectivity index (χ4v) is 3.55. The second-order valence-corrected chi connectivity index (χ2v) is 7.31. The Balaban J connectivity index is 1.37. The maximum Gasteiger partial charge on any atom is 0.321 e. The fourth-order valence-electron chi connectivity index (χ4n) is 2.64. The molecule has 2 heterocycles. The molecule has 0 spiro atoms. The van der Waals surface area contributed by atoms with E-state index in [9.17, 15) is 4.79 Å². The number of fused-ring (bicyclic) bond motifs is 1. The number of ether oxygens (including phenoxy) is 2. The van der Waals surface area contributed by atoms with E-state index in [1.165, 1.54) is 24.2 Å². The van der Waals surface area contributed by atoms with Gasteiger partial charge in [0, 0.05) is 12.3 Å². The molecule has 1 aliphatic heterocycles. The lowest BCUT2D eigenvalue weighted by atomic mass is 10.1. The lowest BCUT2D eigenvalue weighted by Gasteiger charge is -2.16. The summed E-state index contributed by atoms with van der Waals surface area (Å²) in [5, 5.41) is 15.4. The first-order chi connectivity index (χ1) is 12.2. The third-order valence-corrected chi connectivity index (χ3v) is 5.21. The van der Waals surface area contributed by atoms with Crippen LogP contribution in [0.15, 0.2) is 18.2 Å². The van der Waals surface area contributed by atoms with Crippen LogP contribution in [0.25, 0.3) is 0 Å². The Kier molecular flexibility index (Phi) is 4.44. The van der Waals surface area contributed by atoms with Crippen molar-refractivity contribution in [2.75, 3.05) is 18.5 Å². The van der Waals surface area contributed by atoms with E-state index in [-0.39, 0.29) is 12.1 Å². The quantitative estimate of drug-likeness (QED) is 0.872. The summed E-state index contributed by atoms with van der Waals surface area (Å²) in [6, 6.07) is 5.28. The standard InChI is InChI=1S/C17H20N4O3S/c1-10(12-5-6-13-14(9-12)24-8-2-7-23-13)18-16(22)19-17-21-20-15(25-17)11-3-4-11/h5-6,9-11H,2-4,7-8H2,1H3,(H2,18,19,21,22)/t10-/m1/s1. The summed E-state index contributed by atoms with van der Waals surface area (Å²) >= 11 is 1.44. The molecule has 7 nitrogen and oxygen atoms in total. The van der Waals surface area contributed by atoms with E-state index in [0.29, 0.717) is 24.3 Å². The van der Waals surface area contributed by atoms with E-state index in [4.69, 9.17) is 9.47 Å². The van der Waals surface area contributed by atoms with Gasteiger partial charge in [0.1, 0.15) is 5.01 Å². The third-order valence-electron chi connectivity index (χ3n) is 4.21. The third kappa shape index (κ3) is 3.84. The van der Waals surface area contributed by atoms with Gasteiger partial charge in [-0.2, -0.15) is 0 Å². The summed E-state index contributed by atoms with van der Waals surface area (Å²) in [5.74, 6) is 2.01. The fraction of sp³-hybridized carbons (Fsp3) is 0.471. The Morgan fingerprint density at radius 3 is 2.84 bits per heavy atom. The second kappa shape index (κ2) is 6.87. The topological polar surface area (TPSA) is 85.4 Å². The summed E-state index contributed by atoms with van der Waals surface area (Å²) < 4.78 is 11.3. The average Bonchev–Trinajstić information content (AvgIpc) is 3.39. The van der Waals surface area contributed by atoms with E-state index in [1.54, 1.807) is 0 Å². The molecule has 25 heavy (non-hydrogen) atoms. The van der Waals surface area contributed by atoms with E-state index in [0.717, 1.165) is 28.5 Å². The molecule has 1 aromatic carbocycles. The Bertz CT molecular complexity index is 775. The number of hydrogen-bond acceptors (Lipinski definition) is 6. The van der Waals surface area contributed by atoms with Gasteiger partial charge in [-0.3, -0.25) is 5.32 Å². The highest BCUT2D eigenvalue weighted by Gasteiger charge is 2.27. The lowest BCUT2D eigenvalue weighted by molar-refractivity contribution is 0.249. The molecular formula is C17H20N4O3S. The number of urea groups is 1. The first-order valence-corrected chi connectivity index (χ1v) is 9.31. The molecule has 2 amide bonds. The van der Waals surface area contributed by atoms with Crippen molar-refractivity contribution in [3.05, 3.63) is 28.8 Å². The molecule has 0 radical (unpaired) electrons. The molecule has 2 aliphatic rings. The molecule has 1 fully saturated rings. The van der Waals surface area contributed by atoms with Crippen molar-refractivity contribution in [2.45, 2.75) is 38.1 Å². The molecule has 0 saturated heterocycles. The number of carbonyl (C=O) groups excluding carboxylic acids is 1. The van der Waals surface area contributed by atoms with E-state index in [1.807, 2.05) is 25.1 Å². The monoisotopic (exact) mass is 360 g/mol. The van der Waals surface area contributed by atoms with E-state index in [2.05, 4.69) is 20.8 Å². The highest BCUT2D eigenvalue weighted by molar-refractivity contribution is 7.15. The Hall–Kier alpha value is -2.35. The maximum absolute atomic E-state index is 12.2. The van der Waals surface area contributed by atoms with Gasteiger partial charge in [0.05, 0.1) is 19.3 Å². The van der Waals surface area contributed by atoms with Gasteiger partial charge in [0.25, 0.3) is 0 Å². The van der Waals surface area contributed by atoms with Crippen molar-refractivity contribution in [3.63, 3.8) is 0 Å². The van der Waals surface area contributed by atoms with Crippen LogP contribution in [0.3, 0.4) is 0 Å². The van der Waals surface area contributed by atoms with Crippen LogP contribution in [0.2, 0.25) is 0 Å². The summed E-state index contributed by atoms with van der Waals surface area (Å²) in [6.45, 7) is 3.22. The zero-order valence-corrected chi connectivity index (χ0v) is 14.8. The maximum atomic E-state index is 12.2. The zero-order chi connectivity index (χ0) is 17.2. The SMILES string of the molecule is C[C@@H](NC(=O)Nc1nnc(C2CC2)s1)c1ccc2c(c1)OCCCO2. The number of nitrogens with zero attached hydrogens (tertiary/aromatic N) is 2. The number of rotatable bonds is 4. The molecule has 8 heteroatoms. The van der Waals surface area contributed by atoms with Crippen LogP contribution < -0.4 is 20.1 Å². The predicted octanol–water partition coefficient (Wildman–Crippen LogP) is 3.46. The van der Waals surface area contributed by atoms with E-state index >= 15 is 0 Å². The van der Waals surface area contributed by atoms with Crippen LogP contribution in [-0.2, 0) is 0 Å². The van der Waals surface area contributed by atoms with Gasteiger partial charge < -0.3 is 14.8 Å². The molecule has 1 aromatic heterocycles. The molecule has 132 valence electrons. The minimum atomic E-state index is -0.293. The van der Waals surface area contributed by atoms with Crippen LogP contribution in [0.1, 0.15) is 48.7 Å². The number of carbonyl (C=O) groups is 1. The summed E-state index contributed by atoms with van der Waals surface area (Å²) in [5.41, 5.74) is 0.954. The Morgan fingerprint density at radius 1 is 1.24 bits per heavy atom. The van der Waals surface area contributed by atoms with Crippen LogP contribution in [0.5, 0.6) is 11.5 Å². The molecule has 0 bridgehead atoms. The molecule has 1 atom stereocenters. The van der Waals surface area contributed by atoms with Gasteiger partial charge in [0.2, 0.25) is 5.13 Å². The van der Waals surface area contributed by atoms with Gasteiger partial charge in [0.15, 0.2) is 11.5 Å². The molecule has 2 aromatic rings. The van der Waals surface area contributed by atoms with Crippen LogP contribution in [-0.4, -0.2) is 29.4 Å². The first kappa shape index (κ1) is 16.1. The van der Waals surface area contributed by atoms with Gasteiger partial charge in [-0.05, 0) is 37.5 Å². The number of amides is 2. The molecule has 1 saturated carbocycles. The molecule has 0 unspecified atom stereocenters. The number of hydrogen-bond donors (Lipinski definition) is 2. The van der Waals surface area contributed by atoms with Crippen molar-refractivity contribution in [3.8, 4) is 11.5 Å². The summed E-state index contributed by atoms with van der Waals surface area (Å²) in [6.07, 6.45) is 3.20. The van der Waals surface area contributed by atoms with Crippen molar-refractivity contribution < 1.29 is 14.3 Å². The van der Waals surface area contributed by atoms with Crippen molar-refractivity contribution in [2.24, 2.45) is 0 Å². The van der Waals surface area contributed by atoms with Gasteiger partial charge in [-0.15, -0.1) is 10.2 Å². The predicted molar refractivity (Wildman–Crippen MR) is 94.5 cm³/mol. The Labute approximate surface area is 149 Å². The molecular weight excluding hydrogens is 340 g/mol. The number of benzene rings is 1. The minimum absolute atomic E-state index is 0.173. The molecule has 4 rings (SSSR count). The molecule has 2 N–H and O–H groups in total. The minimum Gasteiger partial charge on any atom is -0.490 e. The van der Waals surface area contributed by atoms with E-state index < -0.39 is 0 Å². The average molecular weight is 360 g/mol. The van der Waals surface area contributed by atoms with Crippen LogP contribution in [0.4, 0.5) is 9.93 Å². The largest absolute Gasteiger partial charge is 0.490 e. The van der Waals surface area contributed by atoms with Crippen LogP contribution >= 0.6 is 11.3 Å². The van der Waals surface area contributed by atoms with Gasteiger partial charge in [-0.1, -0.05) is 17.4 Å². The van der Waals surface area contributed by atoms with Gasteiger partial charge >= 0.3 is 6.03 Å². The van der Waals surface area contributed by atoms with Gasteiger partial charge in [-0.25, -0.2) is 4.79 Å².